The molecule has 0 aliphatic carbocycles. The lowest BCUT2D eigenvalue weighted by atomic mass is 9.77. The minimum Gasteiger partial charge on any atom is -0.285 e. The molecule has 0 fully saturated rings. The van der Waals surface area contributed by atoms with Crippen molar-refractivity contribution in [1.82, 2.24) is 10.2 Å². The molecule has 0 radical (unpaired) electrons. The first-order valence-corrected chi connectivity index (χ1v) is 5.22. The molecule has 1 N–H and O–H groups in total. The summed E-state index contributed by atoms with van der Waals surface area (Å²) in [5, 5.41) is 6.93. The van der Waals surface area contributed by atoms with Crippen molar-refractivity contribution in [1.29, 1.82) is 0 Å². The number of aromatic nitrogens is 2. The van der Waals surface area contributed by atoms with E-state index in [-0.39, 0.29) is 0 Å². The van der Waals surface area contributed by atoms with Crippen molar-refractivity contribution < 1.29 is 0 Å². The van der Waals surface area contributed by atoms with Gasteiger partial charge in [-0.1, -0.05) is 33.6 Å². The van der Waals surface area contributed by atoms with Crippen molar-refractivity contribution in [3.8, 4) is 0 Å². The number of H-pyrrole nitrogens is 1. The Morgan fingerprint density at radius 1 is 1.31 bits per heavy atom. The molecule has 1 heterocycles. The van der Waals surface area contributed by atoms with Crippen molar-refractivity contribution in [3.05, 3.63) is 18.0 Å². The summed E-state index contributed by atoms with van der Waals surface area (Å²) in [5.41, 5.74) is 1.69. The topological polar surface area (TPSA) is 28.7 Å². The van der Waals surface area contributed by atoms with Crippen LogP contribution in [-0.4, -0.2) is 10.2 Å². The van der Waals surface area contributed by atoms with Crippen LogP contribution >= 0.6 is 0 Å². The molecule has 0 aliphatic rings. The summed E-state index contributed by atoms with van der Waals surface area (Å²) in [7, 11) is 0. The molecule has 0 aliphatic heterocycles. The van der Waals surface area contributed by atoms with Crippen LogP contribution in [0.5, 0.6) is 0 Å². The molecule has 0 bridgehead atoms. The van der Waals surface area contributed by atoms with Gasteiger partial charge in [0, 0.05) is 6.20 Å². The summed E-state index contributed by atoms with van der Waals surface area (Å²) >= 11 is 0. The largest absolute Gasteiger partial charge is 0.285 e. The molecule has 0 saturated heterocycles. The van der Waals surface area contributed by atoms with Crippen LogP contribution in [0.4, 0.5) is 0 Å². The fourth-order valence-electron chi connectivity index (χ4n) is 2.10. The van der Waals surface area contributed by atoms with Gasteiger partial charge in [0.1, 0.15) is 0 Å². The van der Waals surface area contributed by atoms with Gasteiger partial charge in [0.25, 0.3) is 0 Å². The van der Waals surface area contributed by atoms with Gasteiger partial charge in [0.2, 0.25) is 0 Å². The third-order valence-electron chi connectivity index (χ3n) is 2.80. The summed E-state index contributed by atoms with van der Waals surface area (Å²) in [4.78, 5) is 0. The van der Waals surface area contributed by atoms with Crippen LogP contribution in [0.1, 0.15) is 52.0 Å². The van der Waals surface area contributed by atoms with Crippen LogP contribution < -0.4 is 0 Å². The van der Waals surface area contributed by atoms with Gasteiger partial charge in [-0.15, -0.1) is 0 Å². The van der Waals surface area contributed by atoms with E-state index in [0.29, 0.717) is 5.41 Å². The van der Waals surface area contributed by atoms with Crippen molar-refractivity contribution in [2.24, 2.45) is 0 Å². The van der Waals surface area contributed by atoms with Gasteiger partial charge in [-0.2, -0.15) is 5.10 Å². The van der Waals surface area contributed by atoms with Crippen LogP contribution in [0.2, 0.25) is 0 Å². The zero-order valence-corrected chi connectivity index (χ0v) is 8.93. The second-order valence-electron chi connectivity index (χ2n) is 4.05. The van der Waals surface area contributed by atoms with Crippen molar-refractivity contribution in [2.75, 3.05) is 0 Å². The molecule has 0 aromatic carbocycles. The number of hydrogen-bond donors (Lipinski definition) is 1. The van der Waals surface area contributed by atoms with E-state index >= 15 is 0 Å². The third-order valence-corrected chi connectivity index (χ3v) is 2.80. The molecule has 0 atom stereocenters. The average molecular weight is 180 g/mol. The number of rotatable bonds is 5. The van der Waals surface area contributed by atoms with E-state index in [1.54, 1.807) is 0 Å². The number of hydrogen-bond acceptors (Lipinski definition) is 1. The Morgan fingerprint density at radius 3 is 2.31 bits per heavy atom. The quantitative estimate of drug-likeness (QED) is 0.740. The molecule has 0 unspecified atom stereocenters. The zero-order chi connectivity index (χ0) is 9.73. The van der Waals surface area contributed by atoms with Crippen LogP contribution in [0.25, 0.3) is 0 Å². The summed E-state index contributed by atoms with van der Waals surface area (Å²) in [6.07, 6.45) is 8.97. The third kappa shape index (κ3) is 2.33. The van der Waals surface area contributed by atoms with Crippen LogP contribution in [0.15, 0.2) is 12.4 Å². The van der Waals surface area contributed by atoms with Crippen LogP contribution in [-0.2, 0) is 5.41 Å². The lowest BCUT2D eigenvalue weighted by Crippen LogP contribution is -2.20. The Balaban J connectivity index is 2.78. The summed E-state index contributed by atoms with van der Waals surface area (Å²) < 4.78 is 0. The maximum atomic E-state index is 4.03. The van der Waals surface area contributed by atoms with E-state index < -0.39 is 0 Å². The maximum Gasteiger partial charge on any atom is 0.0524 e. The Labute approximate surface area is 80.7 Å². The molecule has 2 heteroatoms. The summed E-state index contributed by atoms with van der Waals surface area (Å²) in [6.45, 7) is 6.83. The molecule has 2 nitrogen and oxygen atoms in total. The predicted octanol–water partition coefficient (Wildman–Crippen LogP) is 3.27. The predicted molar refractivity (Wildman–Crippen MR) is 55.8 cm³/mol. The first-order valence-electron chi connectivity index (χ1n) is 5.22. The lowest BCUT2D eigenvalue weighted by molar-refractivity contribution is 0.392. The highest BCUT2D eigenvalue weighted by Gasteiger charge is 2.25. The van der Waals surface area contributed by atoms with Gasteiger partial charge in [-0.25, -0.2) is 0 Å². The van der Waals surface area contributed by atoms with Crippen molar-refractivity contribution in [3.63, 3.8) is 0 Å². The Bertz CT molecular complexity index is 220. The van der Waals surface area contributed by atoms with Gasteiger partial charge in [0.05, 0.1) is 6.20 Å². The molecule has 13 heavy (non-hydrogen) atoms. The molecule has 0 amide bonds. The summed E-state index contributed by atoms with van der Waals surface area (Å²) in [6, 6.07) is 0. The standard InChI is InChI=1S/C11H20N2/c1-4-6-11(3,7-5-2)10-8-12-13-9-10/h8-9H,4-7H2,1-3H3,(H,12,13). The molecular weight excluding hydrogens is 160 g/mol. The second-order valence-corrected chi connectivity index (χ2v) is 4.05. The molecule has 74 valence electrons. The number of nitrogens with zero attached hydrogens (tertiary/aromatic N) is 1. The maximum absolute atomic E-state index is 4.03. The molecule has 0 saturated carbocycles. The van der Waals surface area contributed by atoms with Crippen molar-refractivity contribution >= 4 is 0 Å². The van der Waals surface area contributed by atoms with E-state index in [1.165, 1.54) is 31.2 Å². The number of nitrogens with one attached hydrogen (secondary N) is 1. The highest BCUT2D eigenvalue weighted by Crippen LogP contribution is 2.32. The second kappa shape index (κ2) is 4.45. The van der Waals surface area contributed by atoms with E-state index in [1.807, 2.05) is 12.4 Å². The Kier molecular flexibility index (Phi) is 3.52. The minimum atomic E-state index is 0.330. The Morgan fingerprint density at radius 2 is 1.92 bits per heavy atom. The smallest absolute Gasteiger partial charge is 0.0524 e. The van der Waals surface area contributed by atoms with E-state index in [2.05, 4.69) is 31.0 Å². The highest BCUT2D eigenvalue weighted by atomic mass is 15.1. The first-order chi connectivity index (χ1) is 6.23. The number of aromatic amines is 1. The molecule has 1 aromatic heterocycles. The zero-order valence-electron chi connectivity index (χ0n) is 8.93. The SMILES string of the molecule is CCCC(C)(CCC)c1cn[nH]c1. The van der Waals surface area contributed by atoms with Gasteiger partial charge in [-0.05, 0) is 23.8 Å². The normalized spacial score (nSPS) is 11.9. The fourth-order valence-corrected chi connectivity index (χ4v) is 2.10. The molecular formula is C11H20N2. The van der Waals surface area contributed by atoms with Crippen molar-refractivity contribution in [2.45, 2.75) is 51.9 Å². The summed E-state index contributed by atoms with van der Waals surface area (Å²) in [5.74, 6) is 0. The fraction of sp³-hybridized carbons (Fsp3) is 0.727. The van der Waals surface area contributed by atoms with Gasteiger partial charge < -0.3 is 0 Å². The van der Waals surface area contributed by atoms with Gasteiger partial charge in [-0.3, -0.25) is 5.10 Å². The molecule has 1 aromatic rings. The first kappa shape index (κ1) is 10.3. The van der Waals surface area contributed by atoms with E-state index in [0.717, 1.165) is 0 Å². The van der Waals surface area contributed by atoms with Gasteiger partial charge >= 0.3 is 0 Å². The monoisotopic (exact) mass is 180 g/mol. The van der Waals surface area contributed by atoms with E-state index in [9.17, 15) is 0 Å². The molecule has 1 rings (SSSR count). The van der Waals surface area contributed by atoms with Gasteiger partial charge in [0.15, 0.2) is 0 Å². The average Bonchev–Trinajstić information content (AvgIpc) is 2.57. The Hall–Kier alpha value is -0.790. The minimum absolute atomic E-state index is 0.330. The van der Waals surface area contributed by atoms with Crippen LogP contribution in [0.3, 0.4) is 0 Å². The van der Waals surface area contributed by atoms with E-state index in [4.69, 9.17) is 0 Å². The molecule has 0 spiro atoms. The van der Waals surface area contributed by atoms with Crippen LogP contribution in [0, 0.1) is 0 Å². The lowest BCUT2D eigenvalue weighted by Gasteiger charge is -2.27. The highest BCUT2D eigenvalue weighted by molar-refractivity contribution is 5.17.